The molecule has 2 heteroatoms. The van der Waals surface area contributed by atoms with Gasteiger partial charge in [0.05, 0.1) is 6.10 Å². The first-order valence-electron chi connectivity index (χ1n) is 7.81. The van der Waals surface area contributed by atoms with Crippen LogP contribution in [0.5, 0.6) is 0 Å². The van der Waals surface area contributed by atoms with Crippen molar-refractivity contribution < 1.29 is 5.11 Å². The zero-order valence-electron chi connectivity index (χ0n) is 12.8. The quantitative estimate of drug-likeness (QED) is 0.579. The summed E-state index contributed by atoms with van der Waals surface area (Å²) in [6.07, 6.45) is 8.67. The largest absolute Gasteiger partial charge is 0.393 e. The summed E-state index contributed by atoms with van der Waals surface area (Å²) in [6, 6.07) is 0.714. The van der Waals surface area contributed by atoms with Crippen molar-refractivity contribution in [2.24, 2.45) is 11.3 Å². The number of aliphatic hydroxyl groups is 1. The van der Waals surface area contributed by atoms with E-state index in [0.717, 1.165) is 25.3 Å². The SMILES string of the molecule is CC(O)CCCNC1CCCC(C(C)(C)C)CC1. The smallest absolute Gasteiger partial charge is 0.0512 e. The molecule has 0 radical (unpaired) electrons. The van der Waals surface area contributed by atoms with Gasteiger partial charge < -0.3 is 10.4 Å². The monoisotopic (exact) mass is 255 g/mol. The highest BCUT2D eigenvalue weighted by Gasteiger charge is 2.27. The molecule has 0 amide bonds. The molecule has 1 fully saturated rings. The van der Waals surface area contributed by atoms with Crippen LogP contribution in [0.4, 0.5) is 0 Å². The first-order chi connectivity index (χ1) is 8.39. The number of aliphatic hydroxyl groups excluding tert-OH is 1. The number of hydrogen-bond donors (Lipinski definition) is 2. The fourth-order valence-electron chi connectivity index (χ4n) is 3.08. The standard InChI is InChI=1S/C16H33NO/c1-13(18)7-6-12-17-15-9-5-8-14(10-11-15)16(2,3)4/h13-15,17-18H,5-12H2,1-4H3. The molecule has 1 rings (SSSR count). The Kier molecular flexibility index (Phi) is 6.65. The zero-order chi connectivity index (χ0) is 13.6. The van der Waals surface area contributed by atoms with Gasteiger partial charge in [0.1, 0.15) is 0 Å². The summed E-state index contributed by atoms with van der Waals surface area (Å²) in [5, 5.41) is 12.9. The van der Waals surface area contributed by atoms with Gasteiger partial charge in [0.15, 0.2) is 0 Å². The van der Waals surface area contributed by atoms with E-state index >= 15 is 0 Å². The molecule has 0 spiro atoms. The van der Waals surface area contributed by atoms with E-state index in [1.54, 1.807) is 0 Å². The maximum atomic E-state index is 9.23. The van der Waals surface area contributed by atoms with Crippen LogP contribution in [0.3, 0.4) is 0 Å². The molecule has 3 unspecified atom stereocenters. The van der Waals surface area contributed by atoms with Gasteiger partial charge in [-0.15, -0.1) is 0 Å². The fraction of sp³-hybridized carbons (Fsp3) is 1.00. The summed E-state index contributed by atoms with van der Waals surface area (Å²) in [5.74, 6) is 0.891. The molecule has 0 bridgehead atoms. The van der Waals surface area contributed by atoms with Crippen LogP contribution in [0.1, 0.15) is 72.6 Å². The second-order valence-corrected chi connectivity index (χ2v) is 7.21. The van der Waals surface area contributed by atoms with E-state index in [4.69, 9.17) is 0 Å². The maximum absolute atomic E-state index is 9.23. The van der Waals surface area contributed by atoms with E-state index in [1.807, 2.05) is 6.92 Å². The van der Waals surface area contributed by atoms with Gasteiger partial charge in [0, 0.05) is 6.04 Å². The predicted molar refractivity (Wildman–Crippen MR) is 78.7 cm³/mol. The Bertz CT molecular complexity index is 220. The number of hydrogen-bond acceptors (Lipinski definition) is 2. The molecule has 108 valence electrons. The van der Waals surface area contributed by atoms with Crippen molar-refractivity contribution in [2.45, 2.75) is 84.8 Å². The van der Waals surface area contributed by atoms with Crippen molar-refractivity contribution in [3.8, 4) is 0 Å². The van der Waals surface area contributed by atoms with Gasteiger partial charge in [-0.3, -0.25) is 0 Å². The topological polar surface area (TPSA) is 32.3 Å². The lowest BCUT2D eigenvalue weighted by atomic mass is 9.76. The first kappa shape index (κ1) is 16.0. The van der Waals surface area contributed by atoms with Crippen molar-refractivity contribution in [2.75, 3.05) is 6.54 Å². The lowest BCUT2D eigenvalue weighted by Gasteiger charge is -2.29. The van der Waals surface area contributed by atoms with Crippen molar-refractivity contribution >= 4 is 0 Å². The lowest BCUT2D eigenvalue weighted by molar-refractivity contribution is 0.180. The van der Waals surface area contributed by atoms with Crippen LogP contribution in [-0.2, 0) is 0 Å². The van der Waals surface area contributed by atoms with E-state index in [9.17, 15) is 5.11 Å². The van der Waals surface area contributed by atoms with Crippen LogP contribution in [0.25, 0.3) is 0 Å². The third-order valence-electron chi connectivity index (χ3n) is 4.43. The Morgan fingerprint density at radius 1 is 1.17 bits per heavy atom. The minimum Gasteiger partial charge on any atom is -0.393 e. The summed E-state index contributed by atoms with van der Waals surface area (Å²) in [4.78, 5) is 0. The minimum absolute atomic E-state index is 0.147. The highest BCUT2D eigenvalue weighted by Crippen LogP contribution is 2.36. The molecule has 0 aromatic rings. The third kappa shape index (κ3) is 6.19. The van der Waals surface area contributed by atoms with Crippen molar-refractivity contribution in [1.82, 2.24) is 5.32 Å². The molecule has 3 atom stereocenters. The number of nitrogens with one attached hydrogen (secondary N) is 1. The van der Waals surface area contributed by atoms with E-state index < -0.39 is 0 Å². The Balaban J connectivity index is 2.21. The highest BCUT2D eigenvalue weighted by atomic mass is 16.3. The molecule has 0 aromatic heterocycles. The first-order valence-corrected chi connectivity index (χ1v) is 7.81. The van der Waals surface area contributed by atoms with Crippen LogP contribution in [0.15, 0.2) is 0 Å². The molecule has 18 heavy (non-hydrogen) atoms. The predicted octanol–water partition coefficient (Wildman–Crippen LogP) is 3.73. The van der Waals surface area contributed by atoms with Crippen molar-refractivity contribution in [1.29, 1.82) is 0 Å². The van der Waals surface area contributed by atoms with Crippen LogP contribution in [0, 0.1) is 11.3 Å². The molecular formula is C16H33NO. The molecule has 1 saturated carbocycles. The van der Waals surface area contributed by atoms with E-state index in [0.29, 0.717) is 11.5 Å². The highest BCUT2D eigenvalue weighted by molar-refractivity contribution is 4.81. The summed E-state index contributed by atoms with van der Waals surface area (Å²) in [6.45, 7) is 10.1. The van der Waals surface area contributed by atoms with Crippen LogP contribution >= 0.6 is 0 Å². The van der Waals surface area contributed by atoms with Crippen molar-refractivity contribution in [3.05, 3.63) is 0 Å². The molecule has 0 heterocycles. The fourth-order valence-corrected chi connectivity index (χ4v) is 3.08. The van der Waals surface area contributed by atoms with Gasteiger partial charge in [-0.1, -0.05) is 27.2 Å². The lowest BCUT2D eigenvalue weighted by Crippen LogP contribution is -2.30. The second kappa shape index (κ2) is 7.49. The van der Waals surface area contributed by atoms with E-state index in [1.165, 1.54) is 32.1 Å². The van der Waals surface area contributed by atoms with Crippen LogP contribution < -0.4 is 5.32 Å². The summed E-state index contributed by atoms with van der Waals surface area (Å²) in [7, 11) is 0. The third-order valence-corrected chi connectivity index (χ3v) is 4.43. The average Bonchev–Trinajstić information content (AvgIpc) is 2.48. The molecule has 1 aliphatic rings. The van der Waals surface area contributed by atoms with Crippen LogP contribution in [0.2, 0.25) is 0 Å². The molecule has 1 aliphatic carbocycles. The maximum Gasteiger partial charge on any atom is 0.0512 e. The molecule has 2 N–H and O–H groups in total. The van der Waals surface area contributed by atoms with Gasteiger partial charge in [0.2, 0.25) is 0 Å². The Morgan fingerprint density at radius 2 is 1.89 bits per heavy atom. The average molecular weight is 255 g/mol. The van der Waals surface area contributed by atoms with Crippen molar-refractivity contribution in [3.63, 3.8) is 0 Å². The zero-order valence-corrected chi connectivity index (χ0v) is 12.8. The molecular weight excluding hydrogens is 222 g/mol. The van der Waals surface area contributed by atoms with E-state index in [2.05, 4.69) is 26.1 Å². The summed E-state index contributed by atoms with van der Waals surface area (Å²) in [5.41, 5.74) is 0.473. The minimum atomic E-state index is -0.147. The molecule has 0 aromatic carbocycles. The Labute approximate surface area is 114 Å². The molecule has 0 aliphatic heterocycles. The Morgan fingerprint density at radius 3 is 2.50 bits per heavy atom. The van der Waals surface area contributed by atoms with Crippen LogP contribution in [-0.4, -0.2) is 23.8 Å². The molecule has 0 saturated heterocycles. The summed E-state index contributed by atoms with van der Waals surface area (Å²) >= 11 is 0. The van der Waals surface area contributed by atoms with Gasteiger partial charge in [0.25, 0.3) is 0 Å². The number of rotatable bonds is 5. The normalized spacial score (nSPS) is 27.8. The second-order valence-electron chi connectivity index (χ2n) is 7.21. The van der Waals surface area contributed by atoms with E-state index in [-0.39, 0.29) is 6.10 Å². The summed E-state index contributed by atoms with van der Waals surface area (Å²) < 4.78 is 0. The van der Waals surface area contributed by atoms with Gasteiger partial charge in [-0.25, -0.2) is 0 Å². The van der Waals surface area contributed by atoms with Gasteiger partial charge in [-0.05, 0) is 63.3 Å². The molecule has 2 nitrogen and oxygen atoms in total. The van der Waals surface area contributed by atoms with Gasteiger partial charge >= 0.3 is 0 Å². The van der Waals surface area contributed by atoms with Gasteiger partial charge in [-0.2, -0.15) is 0 Å². The Hall–Kier alpha value is -0.0800.